The van der Waals surface area contributed by atoms with E-state index in [1.165, 1.54) is 57.1 Å². The maximum absolute atomic E-state index is 2.82. The van der Waals surface area contributed by atoms with Gasteiger partial charge in [0.05, 0.1) is 0 Å². The summed E-state index contributed by atoms with van der Waals surface area (Å²) in [6, 6.07) is 12.8. The van der Waals surface area contributed by atoms with Crippen molar-refractivity contribution in [3.05, 3.63) is 35.9 Å². The van der Waals surface area contributed by atoms with Crippen LogP contribution in [0.2, 0.25) is 0 Å². The Kier molecular flexibility index (Phi) is 3.46. The van der Waals surface area contributed by atoms with E-state index in [9.17, 15) is 0 Å². The molecule has 1 heteroatoms. The van der Waals surface area contributed by atoms with Crippen LogP contribution in [0.1, 0.15) is 44.1 Å². The molecule has 1 aromatic rings. The third-order valence-electron chi connectivity index (χ3n) is 4.53. The number of nitrogens with zero attached hydrogens (tertiary/aromatic N) is 1. The van der Waals surface area contributed by atoms with Gasteiger partial charge in [0.2, 0.25) is 0 Å². The molecule has 1 heterocycles. The van der Waals surface area contributed by atoms with E-state index < -0.39 is 0 Å². The Morgan fingerprint density at radius 3 is 2.47 bits per heavy atom. The predicted octanol–water partition coefficient (Wildman–Crippen LogP) is 3.64. The lowest BCUT2D eigenvalue weighted by Gasteiger charge is -2.30. The van der Waals surface area contributed by atoms with Crippen LogP contribution in [0.5, 0.6) is 0 Å². The minimum atomic E-state index is 0.820. The Balaban J connectivity index is 1.65. The number of benzene rings is 1. The molecule has 1 nitrogen and oxygen atoms in total. The maximum Gasteiger partial charge on any atom is 0.0139 e. The molecular weight excluding hydrogens is 206 g/mol. The Morgan fingerprint density at radius 2 is 1.71 bits per heavy atom. The zero-order valence-corrected chi connectivity index (χ0v) is 10.6. The van der Waals surface area contributed by atoms with Crippen molar-refractivity contribution in [1.82, 2.24) is 4.90 Å². The molecule has 1 aromatic carbocycles. The average Bonchev–Trinajstić information content (AvgIpc) is 3.00. The highest BCUT2D eigenvalue weighted by Crippen LogP contribution is 2.31. The summed E-state index contributed by atoms with van der Waals surface area (Å²) in [7, 11) is 0. The first-order chi connectivity index (χ1) is 8.43. The quantitative estimate of drug-likeness (QED) is 0.765. The molecular formula is C16H23N. The van der Waals surface area contributed by atoms with Crippen LogP contribution in [-0.4, -0.2) is 23.5 Å². The Morgan fingerprint density at radius 1 is 0.941 bits per heavy atom. The van der Waals surface area contributed by atoms with Gasteiger partial charge in [-0.3, -0.25) is 4.90 Å². The molecule has 0 N–H and O–H groups in total. The Labute approximate surface area is 105 Å². The van der Waals surface area contributed by atoms with Crippen LogP contribution >= 0.6 is 0 Å². The lowest BCUT2D eigenvalue weighted by Crippen LogP contribution is -2.38. The molecule has 1 saturated heterocycles. The predicted molar refractivity (Wildman–Crippen MR) is 72.1 cm³/mol. The molecule has 1 unspecified atom stereocenters. The first-order valence-corrected chi connectivity index (χ1v) is 7.23. The van der Waals surface area contributed by atoms with E-state index in [4.69, 9.17) is 0 Å². The second kappa shape index (κ2) is 5.22. The molecule has 0 amide bonds. The van der Waals surface area contributed by atoms with Crippen molar-refractivity contribution in [3.63, 3.8) is 0 Å². The number of likely N-dealkylation sites (tertiary alicyclic amines) is 1. The number of hydrogen-bond acceptors (Lipinski definition) is 1. The molecule has 2 aliphatic rings. The molecule has 1 saturated carbocycles. The van der Waals surface area contributed by atoms with E-state index in [1.54, 1.807) is 0 Å². The van der Waals surface area contributed by atoms with E-state index in [2.05, 4.69) is 35.2 Å². The van der Waals surface area contributed by atoms with Crippen LogP contribution in [-0.2, 0) is 6.42 Å². The van der Waals surface area contributed by atoms with Gasteiger partial charge in [-0.15, -0.1) is 0 Å². The van der Waals surface area contributed by atoms with Crippen molar-refractivity contribution in [3.8, 4) is 0 Å². The third-order valence-corrected chi connectivity index (χ3v) is 4.53. The van der Waals surface area contributed by atoms with Crippen molar-refractivity contribution in [2.45, 2.75) is 57.0 Å². The van der Waals surface area contributed by atoms with Crippen LogP contribution in [0, 0.1) is 0 Å². The van der Waals surface area contributed by atoms with Crippen LogP contribution in [0.3, 0.4) is 0 Å². The van der Waals surface area contributed by atoms with Crippen LogP contribution in [0.4, 0.5) is 0 Å². The largest absolute Gasteiger partial charge is 0.297 e. The standard InChI is InChI=1S/C16H23N/c1-2-7-14(8-3-1)13-16-11-6-12-17(16)15-9-4-5-10-15/h1-3,7-8,15-16H,4-6,9-13H2. The highest BCUT2D eigenvalue weighted by atomic mass is 15.2. The van der Waals surface area contributed by atoms with Gasteiger partial charge in [-0.25, -0.2) is 0 Å². The van der Waals surface area contributed by atoms with E-state index >= 15 is 0 Å². The van der Waals surface area contributed by atoms with Gasteiger partial charge in [-0.1, -0.05) is 43.2 Å². The van der Waals surface area contributed by atoms with Crippen molar-refractivity contribution < 1.29 is 0 Å². The third kappa shape index (κ3) is 2.55. The van der Waals surface area contributed by atoms with Gasteiger partial charge in [-0.05, 0) is 44.2 Å². The SMILES string of the molecule is c1ccc(CC2CCCN2C2CCCC2)cc1. The summed E-state index contributed by atoms with van der Waals surface area (Å²) in [4.78, 5) is 2.82. The summed E-state index contributed by atoms with van der Waals surface area (Å²) in [5.74, 6) is 0. The smallest absolute Gasteiger partial charge is 0.0139 e. The van der Waals surface area contributed by atoms with Crippen LogP contribution in [0.15, 0.2) is 30.3 Å². The topological polar surface area (TPSA) is 3.24 Å². The van der Waals surface area contributed by atoms with Gasteiger partial charge in [0, 0.05) is 12.1 Å². The lowest BCUT2D eigenvalue weighted by atomic mass is 10.0. The average molecular weight is 229 g/mol. The van der Waals surface area contributed by atoms with E-state index in [0.717, 1.165) is 12.1 Å². The zero-order chi connectivity index (χ0) is 11.5. The highest BCUT2D eigenvalue weighted by molar-refractivity contribution is 5.16. The molecule has 17 heavy (non-hydrogen) atoms. The maximum atomic E-state index is 2.82. The monoisotopic (exact) mass is 229 g/mol. The van der Waals surface area contributed by atoms with Gasteiger partial charge in [0.15, 0.2) is 0 Å². The van der Waals surface area contributed by atoms with Crippen LogP contribution < -0.4 is 0 Å². The second-order valence-electron chi connectivity index (χ2n) is 5.66. The van der Waals surface area contributed by atoms with Crippen molar-refractivity contribution in [1.29, 1.82) is 0 Å². The van der Waals surface area contributed by atoms with E-state index in [0.29, 0.717) is 0 Å². The molecule has 1 aliphatic carbocycles. The van der Waals surface area contributed by atoms with Gasteiger partial charge in [0.1, 0.15) is 0 Å². The Hall–Kier alpha value is -0.820. The van der Waals surface area contributed by atoms with Gasteiger partial charge >= 0.3 is 0 Å². The highest BCUT2D eigenvalue weighted by Gasteiger charge is 2.31. The minimum Gasteiger partial charge on any atom is -0.297 e. The first-order valence-electron chi connectivity index (χ1n) is 7.23. The Bertz CT molecular complexity index is 340. The van der Waals surface area contributed by atoms with E-state index in [1.807, 2.05) is 0 Å². The zero-order valence-electron chi connectivity index (χ0n) is 10.6. The summed E-state index contributed by atoms with van der Waals surface area (Å²) in [5, 5.41) is 0. The summed E-state index contributed by atoms with van der Waals surface area (Å²) >= 11 is 0. The fourth-order valence-corrected chi connectivity index (χ4v) is 3.68. The van der Waals surface area contributed by atoms with E-state index in [-0.39, 0.29) is 0 Å². The molecule has 0 spiro atoms. The molecule has 92 valence electrons. The summed E-state index contributed by atoms with van der Waals surface area (Å²) in [6.07, 6.45) is 9.89. The normalized spacial score (nSPS) is 26.7. The second-order valence-corrected chi connectivity index (χ2v) is 5.66. The molecule has 1 atom stereocenters. The number of hydrogen-bond donors (Lipinski definition) is 0. The molecule has 0 aromatic heterocycles. The van der Waals surface area contributed by atoms with Crippen molar-refractivity contribution in [2.24, 2.45) is 0 Å². The van der Waals surface area contributed by atoms with Crippen molar-refractivity contribution >= 4 is 0 Å². The summed E-state index contributed by atoms with van der Waals surface area (Å²) in [5.41, 5.74) is 1.52. The molecule has 0 radical (unpaired) electrons. The molecule has 1 aliphatic heterocycles. The van der Waals surface area contributed by atoms with Gasteiger partial charge in [0.25, 0.3) is 0 Å². The number of rotatable bonds is 3. The fourth-order valence-electron chi connectivity index (χ4n) is 3.68. The lowest BCUT2D eigenvalue weighted by molar-refractivity contribution is 0.181. The summed E-state index contributed by atoms with van der Waals surface area (Å²) in [6.45, 7) is 1.35. The van der Waals surface area contributed by atoms with Crippen molar-refractivity contribution in [2.75, 3.05) is 6.54 Å². The minimum absolute atomic E-state index is 0.820. The van der Waals surface area contributed by atoms with Gasteiger partial charge < -0.3 is 0 Å². The molecule has 3 rings (SSSR count). The molecule has 0 bridgehead atoms. The first kappa shape index (κ1) is 11.3. The molecule has 2 fully saturated rings. The summed E-state index contributed by atoms with van der Waals surface area (Å²) < 4.78 is 0. The van der Waals surface area contributed by atoms with Gasteiger partial charge in [-0.2, -0.15) is 0 Å². The fraction of sp³-hybridized carbons (Fsp3) is 0.625. The van der Waals surface area contributed by atoms with Crippen LogP contribution in [0.25, 0.3) is 0 Å².